The van der Waals surface area contributed by atoms with Crippen molar-refractivity contribution in [2.75, 3.05) is 0 Å². The Bertz CT molecular complexity index is 486. The number of rotatable bonds is 3. The van der Waals surface area contributed by atoms with E-state index in [1.165, 1.54) is 0 Å². The Morgan fingerprint density at radius 1 is 0.882 bits per heavy atom. The molecule has 2 heteroatoms. The average molecular weight is 224 g/mol. The summed E-state index contributed by atoms with van der Waals surface area (Å²) in [7, 11) is 0. The van der Waals surface area contributed by atoms with Crippen molar-refractivity contribution in [3.05, 3.63) is 77.9 Å². The van der Waals surface area contributed by atoms with Crippen LogP contribution in [0.4, 0.5) is 0 Å². The molecule has 2 aromatic rings. The van der Waals surface area contributed by atoms with E-state index in [-0.39, 0.29) is 0 Å². The van der Waals surface area contributed by atoms with Crippen LogP contribution in [0.2, 0.25) is 0 Å². The van der Waals surface area contributed by atoms with Crippen molar-refractivity contribution in [3.63, 3.8) is 0 Å². The highest BCUT2D eigenvalue weighted by Gasteiger charge is 2.28. The number of hydrogen-bond donors (Lipinski definition) is 1. The van der Waals surface area contributed by atoms with Gasteiger partial charge in [-0.1, -0.05) is 60.7 Å². The van der Waals surface area contributed by atoms with Gasteiger partial charge in [0.25, 0.3) is 0 Å². The molecule has 17 heavy (non-hydrogen) atoms. The fraction of sp³-hybridized carbons (Fsp3) is 0.0667. The van der Waals surface area contributed by atoms with Crippen molar-refractivity contribution >= 4 is 5.94 Å². The van der Waals surface area contributed by atoms with E-state index < -0.39 is 5.60 Å². The standard InChI is InChI=1S/C15H12O2/c16-12-11-15(17,13-7-3-1-4-8-13)14-9-5-2-6-10-14/h1-11,17H. The SMILES string of the molecule is O=C=CC(O)(c1ccccc1)c1ccccc1. The Hall–Kier alpha value is -2.15. The third kappa shape index (κ3) is 2.18. The van der Waals surface area contributed by atoms with Crippen molar-refractivity contribution in [3.8, 4) is 0 Å². The van der Waals surface area contributed by atoms with Crippen LogP contribution in [-0.2, 0) is 10.4 Å². The second-order valence-corrected chi connectivity index (χ2v) is 3.76. The minimum Gasteiger partial charge on any atom is -0.376 e. The summed E-state index contributed by atoms with van der Waals surface area (Å²) in [4.78, 5) is 10.6. The van der Waals surface area contributed by atoms with Gasteiger partial charge in [-0.3, -0.25) is 0 Å². The largest absolute Gasteiger partial charge is 0.376 e. The van der Waals surface area contributed by atoms with E-state index >= 15 is 0 Å². The van der Waals surface area contributed by atoms with Gasteiger partial charge < -0.3 is 5.11 Å². The van der Waals surface area contributed by atoms with Crippen LogP contribution in [0.25, 0.3) is 0 Å². The summed E-state index contributed by atoms with van der Waals surface area (Å²) in [5, 5.41) is 10.6. The van der Waals surface area contributed by atoms with Crippen LogP contribution in [0.5, 0.6) is 0 Å². The molecule has 0 aromatic heterocycles. The molecule has 84 valence electrons. The van der Waals surface area contributed by atoms with Gasteiger partial charge in [-0.25, -0.2) is 4.79 Å². The molecule has 0 saturated carbocycles. The maximum absolute atomic E-state index is 10.6. The van der Waals surface area contributed by atoms with Crippen LogP contribution in [0.15, 0.2) is 66.7 Å². The molecule has 0 fully saturated rings. The van der Waals surface area contributed by atoms with E-state index in [1.54, 1.807) is 30.2 Å². The molecule has 0 aliphatic rings. The van der Waals surface area contributed by atoms with Crippen LogP contribution in [0, 0.1) is 0 Å². The van der Waals surface area contributed by atoms with Crippen LogP contribution in [0.3, 0.4) is 0 Å². The maximum atomic E-state index is 10.6. The molecule has 2 rings (SSSR count). The van der Waals surface area contributed by atoms with Gasteiger partial charge in [-0.2, -0.15) is 0 Å². The fourth-order valence-electron chi connectivity index (χ4n) is 1.80. The van der Waals surface area contributed by atoms with E-state index in [2.05, 4.69) is 0 Å². The predicted octanol–water partition coefficient (Wildman–Crippen LogP) is 2.31. The quantitative estimate of drug-likeness (QED) is 0.812. The zero-order valence-corrected chi connectivity index (χ0v) is 9.21. The molecule has 0 heterocycles. The number of benzene rings is 2. The van der Waals surface area contributed by atoms with Gasteiger partial charge in [0.2, 0.25) is 0 Å². The Morgan fingerprint density at radius 2 is 1.29 bits per heavy atom. The smallest absolute Gasteiger partial charge is 0.144 e. The fourth-order valence-corrected chi connectivity index (χ4v) is 1.80. The van der Waals surface area contributed by atoms with Gasteiger partial charge in [-0.05, 0) is 11.1 Å². The summed E-state index contributed by atoms with van der Waals surface area (Å²) in [6.07, 6.45) is 1.14. The molecule has 0 amide bonds. The molecule has 1 N–H and O–H groups in total. The molecule has 2 nitrogen and oxygen atoms in total. The normalized spacial score (nSPS) is 10.6. The molecule has 0 saturated heterocycles. The first kappa shape index (κ1) is 11.3. The van der Waals surface area contributed by atoms with Gasteiger partial charge in [-0.15, -0.1) is 0 Å². The molecule has 0 unspecified atom stereocenters. The van der Waals surface area contributed by atoms with E-state index in [0.717, 1.165) is 6.08 Å². The lowest BCUT2D eigenvalue weighted by atomic mass is 9.86. The van der Waals surface area contributed by atoms with Gasteiger partial charge in [0.15, 0.2) is 0 Å². The van der Waals surface area contributed by atoms with Crippen LogP contribution >= 0.6 is 0 Å². The zero-order chi connectivity index (χ0) is 12.1. The van der Waals surface area contributed by atoms with Crippen molar-refractivity contribution in [2.24, 2.45) is 0 Å². The van der Waals surface area contributed by atoms with Gasteiger partial charge in [0, 0.05) is 6.08 Å². The summed E-state index contributed by atoms with van der Waals surface area (Å²) >= 11 is 0. The molecule has 2 aromatic carbocycles. The van der Waals surface area contributed by atoms with Crippen LogP contribution < -0.4 is 0 Å². The predicted molar refractivity (Wildman–Crippen MR) is 66.1 cm³/mol. The highest BCUT2D eigenvalue weighted by molar-refractivity contribution is 5.54. The lowest BCUT2D eigenvalue weighted by molar-refractivity contribution is 0.135. The lowest BCUT2D eigenvalue weighted by Crippen LogP contribution is -2.24. The third-order valence-electron chi connectivity index (χ3n) is 2.70. The Kier molecular flexibility index (Phi) is 3.20. The second kappa shape index (κ2) is 4.79. The van der Waals surface area contributed by atoms with Crippen molar-refractivity contribution in [1.82, 2.24) is 0 Å². The molecule has 0 atom stereocenters. The van der Waals surface area contributed by atoms with E-state index in [4.69, 9.17) is 0 Å². The molecular formula is C15H12O2. The minimum absolute atomic E-state index is 0.648. The Morgan fingerprint density at radius 3 is 1.65 bits per heavy atom. The van der Waals surface area contributed by atoms with E-state index in [0.29, 0.717) is 11.1 Å². The van der Waals surface area contributed by atoms with Crippen molar-refractivity contribution in [1.29, 1.82) is 0 Å². The summed E-state index contributed by atoms with van der Waals surface area (Å²) in [5.74, 6) is 1.68. The van der Waals surface area contributed by atoms with Crippen LogP contribution in [0.1, 0.15) is 11.1 Å². The lowest BCUT2D eigenvalue weighted by Gasteiger charge is -2.24. The van der Waals surface area contributed by atoms with Gasteiger partial charge in [0.05, 0.1) is 0 Å². The Balaban J connectivity index is 2.59. The van der Waals surface area contributed by atoms with Gasteiger partial charge in [0.1, 0.15) is 11.5 Å². The Labute approximate surface area is 99.8 Å². The minimum atomic E-state index is -1.41. The number of carbonyl (C=O) groups excluding carboxylic acids is 1. The van der Waals surface area contributed by atoms with Gasteiger partial charge >= 0.3 is 0 Å². The maximum Gasteiger partial charge on any atom is 0.144 e. The topological polar surface area (TPSA) is 37.3 Å². The zero-order valence-electron chi connectivity index (χ0n) is 9.21. The molecule has 0 radical (unpaired) electrons. The monoisotopic (exact) mass is 224 g/mol. The summed E-state index contributed by atoms with van der Waals surface area (Å²) in [6, 6.07) is 18.1. The number of aliphatic hydroxyl groups is 1. The number of hydrogen-bond acceptors (Lipinski definition) is 2. The molecule has 0 aliphatic heterocycles. The van der Waals surface area contributed by atoms with Crippen molar-refractivity contribution in [2.45, 2.75) is 5.60 Å². The molecule has 0 spiro atoms. The second-order valence-electron chi connectivity index (χ2n) is 3.76. The van der Waals surface area contributed by atoms with E-state index in [9.17, 15) is 9.90 Å². The first-order chi connectivity index (χ1) is 8.27. The van der Waals surface area contributed by atoms with E-state index in [1.807, 2.05) is 36.4 Å². The first-order valence-corrected chi connectivity index (χ1v) is 5.33. The third-order valence-corrected chi connectivity index (χ3v) is 2.70. The summed E-state index contributed by atoms with van der Waals surface area (Å²) in [6.45, 7) is 0. The first-order valence-electron chi connectivity index (χ1n) is 5.33. The summed E-state index contributed by atoms with van der Waals surface area (Å²) in [5.41, 5.74) is -0.117. The highest BCUT2D eigenvalue weighted by atomic mass is 16.3. The molecular weight excluding hydrogens is 212 g/mol. The molecule has 0 aliphatic carbocycles. The molecule has 0 bridgehead atoms. The highest BCUT2D eigenvalue weighted by Crippen LogP contribution is 2.29. The summed E-state index contributed by atoms with van der Waals surface area (Å²) < 4.78 is 0. The van der Waals surface area contributed by atoms with Crippen LogP contribution in [-0.4, -0.2) is 11.0 Å². The average Bonchev–Trinajstić information content (AvgIpc) is 2.41. The van der Waals surface area contributed by atoms with Crippen molar-refractivity contribution < 1.29 is 9.90 Å².